The third-order valence-electron chi connectivity index (χ3n) is 2.58. The SMILES string of the molecule is COc1cc(NC(=O)c2ccc(Cl)cc2Br)ccc1F. The second kappa shape index (κ2) is 6.24. The monoisotopic (exact) mass is 357 g/mol. The highest BCUT2D eigenvalue weighted by Gasteiger charge is 2.12. The van der Waals surface area contributed by atoms with Gasteiger partial charge in [0.15, 0.2) is 11.6 Å². The van der Waals surface area contributed by atoms with Crippen LogP contribution in [0.15, 0.2) is 40.9 Å². The van der Waals surface area contributed by atoms with Crippen LogP contribution in [0.2, 0.25) is 5.02 Å². The molecule has 0 aliphatic heterocycles. The molecule has 2 aromatic carbocycles. The number of amides is 1. The van der Waals surface area contributed by atoms with E-state index in [-0.39, 0.29) is 11.7 Å². The number of carbonyl (C=O) groups is 1. The van der Waals surface area contributed by atoms with Crippen LogP contribution in [0.4, 0.5) is 10.1 Å². The fraction of sp³-hybridized carbons (Fsp3) is 0.0714. The van der Waals surface area contributed by atoms with Gasteiger partial charge < -0.3 is 10.1 Å². The van der Waals surface area contributed by atoms with Crippen LogP contribution in [0.25, 0.3) is 0 Å². The van der Waals surface area contributed by atoms with Gasteiger partial charge in [-0.25, -0.2) is 4.39 Å². The summed E-state index contributed by atoms with van der Waals surface area (Å²) in [4.78, 5) is 12.1. The molecule has 0 aliphatic carbocycles. The molecule has 0 bridgehead atoms. The molecular formula is C14H10BrClFNO2. The standard InChI is InChI=1S/C14H10BrClFNO2/c1-20-13-7-9(3-5-12(13)17)18-14(19)10-4-2-8(16)6-11(10)15/h2-7H,1H3,(H,18,19). The largest absolute Gasteiger partial charge is 0.494 e. The number of hydrogen-bond acceptors (Lipinski definition) is 2. The summed E-state index contributed by atoms with van der Waals surface area (Å²) in [6, 6.07) is 8.94. The molecule has 104 valence electrons. The predicted octanol–water partition coefficient (Wildman–Crippen LogP) is 4.50. The van der Waals surface area contributed by atoms with Crippen molar-refractivity contribution >= 4 is 39.1 Å². The molecule has 0 aromatic heterocycles. The average molecular weight is 359 g/mol. The van der Waals surface area contributed by atoms with Gasteiger partial charge in [-0.3, -0.25) is 4.79 Å². The van der Waals surface area contributed by atoms with Gasteiger partial charge >= 0.3 is 0 Å². The van der Waals surface area contributed by atoms with Crippen LogP contribution in [0, 0.1) is 5.82 Å². The van der Waals surface area contributed by atoms with E-state index < -0.39 is 5.82 Å². The quantitative estimate of drug-likeness (QED) is 0.877. The number of anilines is 1. The zero-order valence-corrected chi connectivity index (χ0v) is 12.8. The van der Waals surface area contributed by atoms with E-state index in [2.05, 4.69) is 21.2 Å². The number of benzene rings is 2. The van der Waals surface area contributed by atoms with Gasteiger partial charge in [0.1, 0.15) is 0 Å². The Labute approximate surface area is 128 Å². The van der Waals surface area contributed by atoms with Gasteiger partial charge in [-0.1, -0.05) is 11.6 Å². The van der Waals surface area contributed by atoms with E-state index in [0.29, 0.717) is 20.7 Å². The van der Waals surface area contributed by atoms with E-state index in [1.165, 1.54) is 25.3 Å². The first-order valence-electron chi connectivity index (χ1n) is 5.61. The number of hydrogen-bond donors (Lipinski definition) is 1. The van der Waals surface area contributed by atoms with Crippen molar-refractivity contribution in [2.75, 3.05) is 12.4 Å². The number of ether oxygens (including phenoxy) is 1. The highest BCUT2D eigenvalue weighted by molar-refractivity contribution is 9.10. The van der Waals surface area contributed by atoms with Gasteiger partial charge in [-0.15, -0.1) is 0 Å². The number of methoxy groups -OCH3 is 1. The van der Waals surface area contributed by atoms with Gasteiger partial charge in [-0.2, -0.15) is 0 Å². The first-order chi connectivity index (χ1) is 9.51. The molecule has 0 fully saturated rings. The minimum Gasteiger partial charge on any atom is -0.494 e. The highest BCUT2D eigenvalue weighted by atomic mass is 79.9. The molecule has 0 radical (unpaired) electrons. The normalized spacial score (nSPS) is 10.2. The number of rotatable bonds is 3. The summed E-state index contributed by atoms with van der Waals surface area (Å²) in [5, 5.41) is 3.19. The maximum Gasteiger partial charge on any atom is 0.256 e. The van der Waals surface area contributed by atoms with Crippen LogP contribution >= 0.6 is 27.5 Å². The molecule has 20 heavy (non-hydrogen) atoms. The number of halogens is 3. The van der Waals surface area contributed by atoms with Gasteiger partial charge in [0.05, 0.1) is 12.7 Å². The minimum atomic E-state index is -0.488. The van der Waals surface area contributed by atoms with E-state index in [1.54, 1.807) is 18.2 Å². The summed E-state index contributed by atoms with van der Waals surface area (Å²) in [5.41, 5.74) is 0.868. The Morgan fingerprint density at radius 2 is 2.05 bits per heavy atom. The van der Waals surface area contributed by atoms with Gasteiger partial charge in [0.25, 0.3) is 5.91 Å². The van der Waals surface area contributed by atoms with E-state index in [1.807, 2.05) is 0 Å². The van der Waals surface area contributed by atoms with Crippen LogP contribution in [0.3, 0.4) is 0 Å². The Morgan fingerprint density at radius 1 is 1.30 bits per heavy atom. The lowest BCUT2D eigenvalue weighted by molar-refractivity contribution is 0.102. The molecule has 0 saturated heterocycles. The summed E-state index contributed by atoms with van der Waals surface area (Å²) >= 11 is 9.09. The van der Waals surface area contributed by atoms with Crippen molar-refractivity contribution in [1.29, 1.82) is 0 Å². The zero-order valence-electron chi connectivity index (χ0n) is 10.4. The molecule has 6 heteroatoms. The van der Waals surface area contributed by atoms with Crippen molar-refractivity contribution in [3.63, 3.8) is 0 Å². The summed E-state index contributed by atoms with van der Waals surface area (Å²) < 4.78 is 18.7. The van der Waals surface area contributed by atoms with Crippen LogP contribution in [0.1, 0.15) is 10.4 Å². The highest BCUT2D eigenvalue weighted by Crippen LogP contribution is 2.25. The molecule has 1 N–H and O–H groups in total. The number of carbonyl (C=O) groups excluding carboxylic acids is 1. The summed E-state index contributed by atoms with van der Waals surface area (Å²) in [6.45, 7) is 0. The van der Waals surface area contributed by atoms with Crippen LogP contribution in [0.5, 0.6) is 5.75 Å². The zero-order chi connectivity index (χ0) is 14.7. The molecule has 1 amide bonds. The minimum absolute atomic E-state index is 0.0676. The van der Waals surface area contributed by atoms with Gasteiger partial charge in [0, 0.05) is 21.2 Å². The fourth-order valence-electron chi connectivity index (χ4n) is 1.61. The van der Waals surface area contributed by atoms with Crippen LogP contribution < -0.4 is 10.1 Å². The summed E-state index contributed by atoms with van der Waals surface area (Å²) in [6.07, 6.45) is 0. The first kappa shape index (κ1) is 14.8. The van der Waals surface area contributed by atoms with Crippen molar-refractivity contribution in [2.24, 2.45) is 0 Å². The van der Waals surface area contributed by atoms with Crippen molar-refractivity contribution in [3.8, 4) is 5.75 Å². The average Bonchev–Trinajstić information content (AvgIpc) is 2.40. The molecule has 0 heterocycles. The molecule has 3 nitrogen and oxygen atoms in total. The van der Waals surface area contributed by atoms with E-state index in [4.69, 9.17) is 16.3 Å². The van der Waals surface area contributed by atoms with E-state index in [0.717, 1.165) is 0 Å². The lowest BCUT2D eigenvalue weighted by Crippen LogP contribution is -2.12. The lowest BCUT2D eigenvalue weighted by atomic mass is 10.2. The molecule has 2 rings (SSSR count). The van der Waals surface area contributed by atoms with Crippen LogP contribution in [-0.2, 0) is 0 Å². The fourth-order valence-corrected chi connectivity index (χ4v) is 2.47. The van der Waals surface area contributed by atoms with Crippen molar-refractivity contribution in [3.05, 3.63) is 57.3 Å². The molecule has 2 aromatic rings. The number of nitrogens with one attached hydrogen (secondary N) is 1. The smallest absolute Gasteiger partial charge is 0.256 e. The maximum atomic E-state index is 13.3. The Bertz CT molecular complexity index is 664. The first-order valence-corrected chi connectivity index (χ1v) is 6.78. The Balaban J connectivity index is 2.23. The molecular weight excluding hydrogens is 349 g/mol. The van der Waals surface area contributed by atoms with E-state index in [9.17, 15) is 9.18 Å². The van der Waals surface area contributed by atoms with E-state index >= 15 is 0 Å². The third kappa shape index (κ3) is 3.29. The molecule has 0 aliphatic rings. The molecule has 0 spiro atoms. The van der Waals surface area contributed by atoms with Crippen molar-refractivity contribution in [1.82, 2.24) is 0 Å². The topological polar surface area (TPSA) is 38.3 Å². The molecule has 0 atom stereocenters. The van der Waals surface area contributed by atoms with Gasteiger partial charge in [-0.05, 0) is 46.3 Å². The lowest BCUT2D eigenvalue weighted by Gasteiger charge is -2.09. The summed E-state index contributed by atoms with van der Waals surface area (Å²) in [7, 11) is 1.36. The second-order valence-electron chi connectivity index (χ2n) is 3.93. The van der Waals surface area contributed by atoms with Gasteiger partial charge in [0.2, 0.25) is 0 Å². The molecule has 0 saturated carbocycles. The molecule has 0 unspecified atom stereocenters. The maximum absolute atomic E-state index is 13.3. The Kier molecular flexibility index (Phi) is 4.62. The predicted molar refractivity (Wildman–Crippen MR) is 80.1 cm³/mol. The third-order valence-corrected chi connectivity index (χ3v) is 3.48. The van der Waals surface area contributed by atoms with Crippen molar-refractivity contribution < 1.29 is 13.9 Å². The van der Waals surface area contributed by atoms with Crippen LogP contribution in [-0.4, -0.2) is 13.0 Å². The second-order valence-corrected chi connectivity index (χ2v) is 5.22. The summed E-state index contributed by atoms with van der Waals surface area (Å²) in [5.74, 6) is -0.752. The Morgan fingerprint density at radius 3 is 2.70 bits per heavy atom. The Hall–Kier alpha value is -1.59. The van der Waals surface area contributed by atoms with Crippen molar-refractivity contribution in [2.45, 2.75) is 0 Å².